The summed E-state index contributed by atoms with van der Waals surface area (Å²) in [4.78, 5) is 0. The van der Waals surface area contributed by atoms with Crippen LogP contribution in [0.4, 0.5) is 0 Å². The van der Waals surface area contributed by atoms with Crippen molar-refractivity contribution in [1.29, 1.82) is 0 Å². The maximum atomic E-state index is 10.0. The molecule has 1 aliphatic carbocycles. The standard InChI is InChI=1S/C13H22O2/c1-4-6-11-7-9-12(10-8-11)13(3,14)15-5-2/h7,9,14H,4-6,8,10H2,1-3H3. The van der Waals surface area contributed by atoms with Gasteiger partial charge in [0.1, 0.15) is 0 Å². The van der Waals surface area contributed by atoms with E-state index in [1.807, 2.05) is 13.0 Å². The number of hydrogen-bond donors (Lipinski definition) is 1. The third kappa shape index (κ3) is 3.47. The van der Waals surface area contributed by atoms with E-state index in [1.54, 1.807) is 6.92 Å². The van der Waals surface area contributed by atoms with E-state index in [0.29, 0.717) is 6.61 Å². The van der Waals surface area contributed by atoms with Crippen LogP contribution in [-0.2, 0) is 4.74 Å². The van der Waals surface area contributed by atoms with Crippen LogP contribution in [0.1, 0.15) is 46.5 Å². The lowest BCUT2D eigenvalue weighted by atomic mass is 9.91. The molecule has 0 fully saturated rings. The molecule has 0 spiro atoms. The molecule has 0 amide bonds. The van der Waals surface area contributed by atoms with Crippen molar-refractivity contribution in [3.05, 3.63) is 23.3 Å². The van der Waals surface area contributed by atoms with Gasteiger partial charge in [0.2, 0.25) is 0 Å². The monoisotopic (exact) mass is 210 g/mol. The lowest BCUT2D eigenvalue weighted by Gasteiger charge is -2.28. The lowest BCUT2D eigenvalue weighted by Crippen LogP contribution is -2.31. The molecule has 0 radical (unpaired) electrons. The first kappa shape index (κ1) is 12.5. The van der Waals surface area contributed by atoms with E-state index in [0.717, 1.165) is 18.4 Å². The maximum Gasteiger partial charge on any atom is 0.185 e. The van der Waals surface area contributed by atoms with Crippen molar-refractivity contribution in [3.63, 3.8) is 0 Å². The van der Waals surface area contributed by atoms with Crippen molar-refractivity contribution >= 4 is 0 Å². The molecule has 0 heterocycles. The average Bonchev–Trinajstić information content (AvgIpc) is 2.19. The molecule has 1 unspecified atom stereocenters. The Kier molecular flexibility index (Phi) is 4.55. The summed E-state index contributed by atoms with van der Waals surface area (Å²) < 4.78 is 5.32. The van der Waals surface area contributed by atoms with Crippen LogP contribution in [0, 0.1) is 0 Å². The number of allylic oxidation sites excluding steroid dienone is 3. The van der Waals surface area contributed by atoms with E-state index in [9.17, 15) is 5.11 Å². The molecule has 0 aromatic carbocycles. The third-order valence-corrected chi connectivity index (χ3v) is 2.83. The Bertz CT molecular complexity index is 262. The van der Waals surface area contributed by atoms with Gasteiger partial charge in [-0.3, -0.25) is 0 Å². The van der Waals surface area contributed by atoms with Crippen LogP contribution in [0.5, 0.6) is 0 Å². The second-order valence-electron chi connectivity index (χ2n) is 4.18. The summed E-state index contributed by atoms with van der Waals surface area (Å²) in [6, 6.07) is 0. The lowest BCUT2D eigenvalue weighted by molar-refractivity contribution is -0.159. The largest absolute Gasteiger partial charge is 0.362 e. The highest BCUT2D eigenvalue weighted by molar-refractivity contribution is 5.27. The van der Waals surface area contributed by atoms with Gasteiger partial charge in [-0.2, -0.15) is 0 Å². The molecule has 1 rings (SSSR count). The molecule has 0 bridgehead atoms. The zero-order valence-corrected chi connectivity index (χ0v) is 10.0. The first-order valence-electron chi connectivity index (χ1n) is 5.85. The second-order valence-corrected chi connectivity index (χ2v) is 4.18. The van der Waals surface area contributed by atoms with Gasteiger partial charge in [0.05, 0.1) is 0 Å². The molecule has 0 saturated carbocycles. The van der Waals surface area contributed by atoms with Crippen LogP contribution in [0.25, 0.3) is 0 Å². The van der Waals surface area contributed by atoms with Gasteiger partial charge in [0.25, 0.3) is 0 Å². The van der Waals surface area contributed by atoms with Gasteiger partial charge < -0.3 is 9.84 Å². The van der Waals surface area contributed by atoms with E-state index < -0.39 is 5.79 Å². The minimum Gasteiger partial charge on any atom is -0.362 e. The van der Waals surface area contributed by atoms with Gasteiger partial charge >= 0.3 is 0 Å². The Morgan fingerprint density at radius 2 is 2.07 bits per heavy atom. The predicted octanol–water partition coefficient (Wildman–Crippen LogP) is 3.18. The molecule has 0 saturated heterocycles. The fourth-order valence-electron chi connectivity index (χ4n) is 1.97. The molecular weight excluding hydrogens is 188 g/mol. The highest BCUT2D eigenvalue weighted by Gasteiger charge is 2.26. The predicted molar refractivity (Wildman–Crippen MR) is 62.6 cm³/mol. The van der Waals surface area contributed by atoms with Gasteiger partial charge in [0, 0.05) is 6.61 Å². The summed E-state index contributed by atoms with van der Waals surface area (Å²) in [7, 11) is 0. The smallest absolute Gasteiger partial charge is 0.185 e. The Morgan fingerprint density at radius 3 is 2.53 bits per heavy atom. The first-order chi connectivity index (χ1) is 7.10. The van der Waals surface area contributed by atoms with E-state index in [4.69, 9.17) is 4.74 Å². The van der Waals surface area contributed by atoms with Gasteiger partial charge in [-0.1, -0.05) is 31.1 Å². The van der Waals surface area contributed by atoms with E-state index in [-0.39, 0.29) is 0 Å². The number of ether oxygens (including phenoxy) is 1. The first-order valence-corrected chi connectivity index (χ1v) is 5.85. The van der Waals surface area contributed by atoms with Gasteiger partial charge in [-0.25, -0.2) is 0 Å². The van der Waals surface area contributed by atoms with Gasteiger partial charge in [-0.05, 0) is 38.7 Å². The summed E-state index contributed by atoms with van der Waals surface area (Å²) in [5.41, 5.74) is 2.47. The zero-order valence-electron chi connectivity index (χ0n) is 10.0. The molecule has 15 heavy (non-hydrogen) atoms. The van der Waals surface area contributed by atoms with Crippen LogP contribution >= 0.6 is 0 Å². The third-order valence-electron chi connectivity index (χ3n) is 2.83. The van der Waals surface area contributed by atoms with Crippen LogP contribution < -0.4 is 0 Å². The molecular formula is C13H22O2. The second kappa shape index (κ2) is 5.47. The highest BCUT2D eigenvalue weighted by atomic mass is 16.6. The van der Waals surface area contributed by atoms with Crippen molar-refractivity contribution in [1.82, 2.24) is 0 Å². The minimum atomic E-state index is -1.08. The highest BCUT2D eigenvalue weighted by Crippen LogP contribution is 2.29. The van der Waals surface area contributed by atoms with E-state index in [2.05, 4.69) is 13.0 Å². The maximum absolute atomic E-state index is 10.0. The van der Waals surface area contributed by atoms with E-state index >= 15 is 0 Å². The topological polar surface area (TPSA) is 29.5 Å². The molecule has 2 nitrogen and oxygen atoms in total. The summed E-state index contributed by atoms with van der Waals surface area (Å²) in [6.07, 6.45) is 8.49. The summed E-state index contributed by atoms with van der Waals surface area (Å²) in [6.45, 7) is 6.35. The number of rotatable bonds is 5. The molecule has 2 heteroatoms. The SMILES string of the molecule is CCCC1=CC=C(C(C)(O)OCC)CC1. The molecule has 1 N–H and O–H groups in total. The Labute approximate surface area is 92.6 Å². The normalized spacial score (nSPS) is 20.5. The molecule has 0 aromatic rings. The van der Waals surface area contributed by atoms with Crippen molar-refractivity contribution in [2.75, 3.05) is 6.61 Å². The Hall–Kier alpha value is -0.600. The van der Waals surface area contributed by atoms with Crippen LogP contribution in [0.15, 0.2) is 23.3 Å². The molecule has 1 aliphatic rings. The van der Waals surface area contributed by atoms with Crippen LogP contribution in [0.3, 0.4) is 0 Å². The van der Waals surface area contributed by atoms with Gasteiger partial charge in [0.15, 0.2) is 5.79 Å². The van der Waals surface area contributed by atoms with Gasteiger partial charge in [-0.15, -0.1) is 0 Å². The fraction of sp³-hybridized carbons (Fsp3) is 0.692. The number of hydrogen-bond acceptors (Lipinski definition) is 2. The molecule has 0 aromatic heterocycles. The van der Waals surface area contributed by atoms with Crippen molar-refractivity contribution in [3.8, 4) is 0 Å². The quantitative estimate of drug-likeness (QED) is 0.706. The van der Waals surface area contributed by atoms with Crippen LogP contribution in [-0.4, -0.2) is 17.5 Å². The Morgan fingerprint density at radius 1 is 1.33 bits per heavy atom. The van der Waals surface area contributed by atoms with Crippen LogP contribution in [0.2, 0.25) is 0 Å². The zero-order chi connectivity index (χ0) is 11.3. The summed E-state index contributed by atoms with van der Waals surface area (Å²) >= 11 is 0. The average molecular weight is 210 g/mol. The molecule has 86 valence electrons. The summed E-state index contributed by atoms with van der Waals surface area (Å²) in [5, 5.41) is 10.0. The number of aliphatic hydroxyl groups is 1. The van der Waals surface area contributed by atoms with E-state index in [1.165, 1.54) is 18.4 Å². The summed E-state index contributed by atoms with van der Waals surface area (Å²) in [5.74, 6) is -1.08. The Balaban J connectivity index is 2.66. The van der Waals surface area contributed by atoms with Crippen molar-refractivity contribution in [2.24, 2.45) is 0 Å². The fourth-order valence-corrected chi connectivity index (χ4v) is 1.97. The van der Waals surface area contributed by atoms with Crippen molar-refractivity contribution < 1.29 is 9.84 Å². The molecule has 1 atom stereocenters. The molecule has 0 aliphatic heterocycles. The minimum absolute atomic E-state index is 0.538. The van der Waals surface area contributed by atoms with Crippen molar-refractivity contribution in [2.45, 2.75) is 52.2 Å².